The predicted molar refractivity (Wildman–Crippen MR) is 49.3 cm³/mol. The standard InChI is InChI=1S/C7H13N3OS/c1-2-3-6(11)4-8-7-9-5-10-12-7/h5-6,11H,2-4H2,1H3,(H,8,9,10). The van der Waals surface area contributed by atoms with Crippen molar-refractivity contribution >= 4 is 16.7 Å². The van der Waals surface area contributed by atoms with Gasteiger partial charge in [0.15, 0.2) is 0 Å². The zero-order chi connectivity index (χ0) is 8.81. The van der Waals surface area contributed by atoms with Gasteiger partial charge in [-0.3, -0.25) is 0 Å². The van der Waals surface area contributed by atoms with E-state index < -0.39 is 0 Å². The number of hydrogen-bond donors (Lipinski definition) is 2. The van der Waals surface area contributed by atoms with Gasteiger partial charge in [-0.15, -0.1) is 0 Å². The Morgan fingerprint density at radius 1 is 1.75 bits per heavy atom. The SMILES string of the molecule is CCCC(O)CNc1ncns1. The van der Waals surface area contributed by atoms with Crippen LogP contribution in [0.5, 0.6) is 0 Å². The minimum Gasteiger partial charge on any atom is -0.391 e. The molecule has 2 N–H and O–H groups in total. The number of nitrogens with one attached hydrogen (secondary N) is 1. The Labute approximate surface area is 75.8 Å². The summed E-state index contributed by atoms with van der Waals surface area (Å²) in [5.74, 6) is 0. The highest BCUT2D eigenvalue weighted by atomic mass is 32.1. The maximum absolute atomic E-state index is 9.34. The molecule has 0 aliphatic rings. The summed E-state index contributed by atoms with van der Waals surface area (Å²) in [5.41, 5.74) is 0. The van der Waals surface area contributed by atoms with Crippen molar-refractivity contribution in [3.63, 3.8) is 0 Å². The van der Waals surface area contributed by atoms with Crippen LogP contribution in [-0.4, -0.2) is 27.1 Å². The van der Waals surface area contributed by atoms with Gasteiger partial charge in [0.25, 0.3) is 0 Å². The third-order valence-electron chi connectivity index (χ3n) is 1.47. The summed E-state index contributed by atoms with van der Waals surface area (Å²) in [6, 6.07) is 0. The number of nitrogens with zero attached hydrogens (tertiary/aromatic N) is 2. The minimum atomic E-state index is -0.279. The predicted octanol–water partition coefficient (Wildman–Crippen LogP) is 1.11. The monoisotopic (exact) mass is 187 g/mol. The molecule has 4 nitrogen and oxygen atoms in total. The zero-order valence-corrected chi connectivity index (χ0v) is 7.84. The van der Waals surface area contributed by atoms with E-state index >= 15 is 0 Å². The lowest BCUT2D eigenvalue weighted by atomic mass is 10.2. The lowest BCUT2D eigenvalue weighted by Crippen LogP contribution is -2.18. The Bertz CT molecular complexity index is 202. The van der Waals surface area contributed by atoms with Crippen molar-refractivity contribution in [3.05, 3.63) is 6.33 Å². The van der Waals surface area contributed by atoms with Crippen molar-refractivity contribution in [2.75, 3.05) is 11.9 Å². The number of rotatable bonds is 5. The first-order valence-corrected chi connectivity index (χ1v) is 4.79. The molecule has 1 atom stereocenters. The Morgan fingerprint density at radius 3 is 3.17 bits per heavy atom. The van der Waals surface area contributed by atoms with Crippen molar-refractivity contribution in [2.45, 2.75) is 25.9 Å². The van der Waals surface area contributed by atoms with E-state index in [0.717, 1.165) is 18.0 Å². The Hall–Kier alpha value is -0.680. The maximum Gasteiger partial charge on any atom is 0.202 e. The summed E-state index contributed by atoms with van der Waals surface area (Å²) in [6.45, 7) is 2.61. The summed E-state index contributed by atoms with van der Waals surface area (Å²) in [7, 11) is 0. The second-order valence-electron chi connectivity index (χ2n) is 2.57. The largest absolute Gasteiger partial charge is 0.391 e. The van der Waals surface area contributed by atoms with Crippen molar-refractivity contribution in [1.29, 1.82) is 0 Å². The lowest BCUT2D eigenvalue weighted by molar-refractivity contribution is 0.176. The molecule has 1 aromatic rings. The summed E-state index contributed by atoms with van der Waals surface area (Å²) in [5, 5.41) is 13.1. The van der Waals surface area contributed by atoms with Crippen LogP contribution in [0.2, 0.25) is 0 Å². The molecular weight excluding hydrogens is 174 g/mol. The van der Waals surface area contributed by atoms with Crippen molar-refractivity contribution < 1.29 is 5.11 Å². The molecule has 12 heavy (non-hydrogen) atoms. The summed E-state index contributed by atoms with van der Waals surface area (Å²) in [4.78, 5) is 3.93. The molecule has 1 unspecified atom stereocenters. The van der Waals surface area contributed by atoms with E-state index in [1.54, 1.807) is 0 Å². The van der Waals surface area contributed by atoms with Crippen LogP contribution in [0, 0.1) is 0 Å². The van der Waals surface area contributed by atoms with E-state index in [1.807, 2.05) is 6.92 Å². The van der Waals surface area contributed by atoms with Crippen molar-refractivity contribution in [1.82, 2.24) is 9.36 Å². The molecule has 68 valence electrons. The van der Waals surface area contributed by atoms with Crippen molar-refractivity contribution in [3.8, 4) is 0 Å². The number of aliphatic hydroxyl groups is 1. The molecule has 0 radical (unpaired) electrons. The first-order valence-electron chi connectivity index (χ1n) is 4.01. The number of hydrogen-bond acceptors (Lipinski definition) is 5. The highest BCUT2D eigenvalue weighted by Gasteiger charge is 2.02. The van der Waals surface area contributed by atoms with Crippen LogP contribution in [0.1, 0.15) is 19.8 Å². The molecule has 0 fully saturated rings. The Balaban J connectivity index is 2.17. The van der Waals surface area contributed by atoms with Gasteiger partial charge in [-0.2, -0.15) is 4.37 Å². The van der Waals surface area contributed by atoms with Crippen LogP contribution >= 0.6 is 11.5 Å². The third kappa shape index (κ3) is 3.15. The molecule has 0 saturated carbocycles. The van der Waals surface area contributed by atoms with Crippen LogP contribution in [0.3, 0.4) is 0 Å². The van der Waals surface area contributed by atoms with E-state index in [1.165, 1.54) is 17.9 Å². The highest BCUT2D eigenvalue weighted by molar-refractivity contribution is 7.09. The van der Waals surface area contributed by atoms with Gasteiger partial charge in [0.2, 0.25) is 5.13 Å². The molecule has 0 bridgehead atoms. The maximum atomic E-state index is 9.34. The number of aromatic nitrogens is 2. The van der Waals surface area contributed by atoms with Crippen LogP contribution < -0.4 is 5.32 Å². The average molecular weight is 187 g/mol. The van der Waals surface area contributed by atoms with Crippen LogP contribution in [-0.2, 0) is 0 Å². The zero-order valence-electron chi connectivity index (χ0n) is 7.03. The molecule has 1 aromatic heterocycles. The quantitative estimate of drug-likeness (QED) is 0.725. The van der Waals surface area contributed by atoms with Crippen molar-refractivity contribution in [2.24, 2.45) is 0 Å². The van der Waals surface area contributed by atoms with Gasteiger partial charge in [-0.25, -0.2) is 4.98 Å². The molecule has 5 heteroatoms. The van der Waals surface area contributed by atoms with Gasteiger partial charge in [-0.1, -0.05) is 13.3 Å². The third-order valence-corrected chi connectivity index (χ3v) is 2.09. The molecule has 0 spiro atoms. The Morgan fingerprint density at radius 2 is 2.58 bits per heavy atom. The molecule has 0 aliphatic carbocycles. The minimum absolute atomic E-state index is 0.279. The summed E-state index contributed by atoms with van der Waals surface area (Å²) in [6.07, 6.45) is 3.04. The molecule has 0 saturated heterocycles. The first-order chi connectivity index (χ1) is 5.83. The second-order valence-corrected chi connectivity index (χ2v) is 3.35. The molecule has 0 aromatic carbocycles. The van der Waals surface area contributed by atoms with Gasteiger partial charge in [0.1, 0.15) is 6.33 Å². The topological polar surface area (TPSA) is 58.0 Å². The molecule has 1 heterocycles. The summed E-state index contributed by atoms with van der Waals surface area (Å²) >= 11 is 1.30. The van der Waals surface area contributed by atoms with Gasteiger partial charge < -0.3 is 10.4 Å². The van der Waals surface area contributed by atoms with E-state index in [0.29, 0.717) is 6.54 Å². The molecule has 0 amide bonds. The van der Waals surface area contributed by atoms with Gasteiger partial charge in [0, 0.05) is 18.1 Å². The van der Waals surface area contributed by atoms with E-state index in [9.17, 15) is 5.11 Å². The van der Waals surface area contributed by atoms with Gasteiger partial charge in [0.05, 0.1) is 6.10 Å². The Kier molecular flexibility index (Phi) is 3.96. The van der Waals surface area contributed by atoms with Gasteiger partial charge >= 0.3 is 0 Å². The summed E-state index contributed by atoms with van der Waals surface area (Å²) < 4.78 is 3.83. The number of anilines is 1. The van der Waals surface area contributed by atoms with Crippen LogP contribution in [0.4, 0.5) is 5.13 Å². The van der Waals surface area contributed by atoms with E-state index in [-0.39, 0.29) is 6.10 Å². The van der Waals surface area contributed by atoms with Crippen LogP contribution in [0.15, 0.2) is 6.33 Å². The molecule has 0 aliphatic heterocycles. The lowest BCUT2D eigenvalue weighted by Gasteiger charge is -2.08. The smallest absolute Gasteiger partial charge is 0.202 e. The average Bonchev–Trinajstić information content (AvgIpc) is 2.53. The second kappa shape index (κ2) is 5.05. The first kappa shape index (κ1) is 9.41. The fourth-order valence-corrected chi connectivity index (χ4v) is 1.33. The normalized spacial score (nSPS) is 12.8. The fourth-order valence-electron chi connectivity index (χ4n) is 0.891. The number of aliphatic hydroxyl groups excluding tert-OH is 1. The van der Waals surface area contributed by atoms with Gasteiger partial charge in [-0.05, 0) is 6.42 Å². The molecular formula is C7H13N3OS. The fraction of sp³-hybridized carbons (Fsp3) is 0.714. The van der Waals surface area contributed by atoms with E-state index in [2.05, 4.69) is 14.7 Å². The highest BCUT2D eigenvalue weighted by Crippen LogP contribution is 2.06. The molecule has 1 rings (SSSR count). The van der Waals surface area contributed by atoms with E-state index in [4.69, 9.17) is 0 Å². The van der Waals surface area contributed by atoms with Crippen LogP contribution in [0.25, 0.3) is 0 Å².